The minimum absolute atomic E-state index is 0.0209. The van der Waals surface area contributed by atoms with Crippen LogP contribution in [-0.2, 0) is 9.53 Å². The molecule has 0 atom stereocenters. The number of carbonyl (C=O) groups is 2. The maximum atomic E-state index is 12.2. The van der Waals surface area contributed by atoms with E-state index >= 15 is 0 Å². The van der Waals surface area contributed by atoms with E-state index < -0.39 is 23.4 Å². The van der Waals surface area contributed by atoms with Gasteiger partial charge in [-0.1, -0.05) is 12.1 Å². The first kappa shape index (κ1) is 19.3. The van der Waals surface area contributed by atoms with Crippen LogP contribution >= 0.6 is 0 Å². The van der Waals surface area contributed by atoms with Gasteiger partial charge in [0.25, 0.3) is 11.6 Å². The third-order valence-corrected chi connectivity index (χ3v) is 4.37. The van der Waals surface area contributed by atoms with E-state index in [0.29, 0.717) is 11.4 Å². The summed E-state index contributed by atoms with van der Waals surface area (Å²) in [6, 6.07) is 9.98. The van der Waals surface area contributed by atoms with Crippen LogP contribution < -0.4 is 10.6 Å². The molecule has 0 bridgehead atoms. The first-order valence-electron chi connectivity index (χ1n) is 8.92. The molecule has 1 aliphatic rings. The summed E-state index contributed by atoms with van der Waals surface area (Å²) in [5, 5.41) is 17.0. The van der Waals surface area contributed by atoms with Crippen LogP contribution in [-0.4, -0.2) is 29.4 Å². The Kier molecular flexibility index (Phi) is 5.58. The third-order valence-electron chi connectivity index (χ3n) is 4.37. The number of benzene rings is 2. The van der Waals surface area contributed by atoms with Gasteiger partial charge in [-0.3, -0.25) is 14.9 Å². The highest BCUT2D eigenvalue weighted by atomic mass is 16.6. The average molecular weight is 383 g/mol. The van der Waals surface area contributed by atoms with Crippen molar-refractivity contribution in [3.63, 3.8) is 0 Å². The smallest absolute Gasteiger partial charge is 0.338 e. The molecule has 0 aromatic heterocycles. The number of nitrogens with one attached hydrogen (secondary N) is 2. The quantitative estimate of drug-likeness (QED) is 0.429. The standard InChI is InChI=1S/C20H21N3O5/c1-12-3-4-13(2)17(9-12)22-19(24)11-28-20(25)14-5-8-16(21-15-6-7-15)18(10-14)23(26)27/h3-5,8-10,15,21H,6-7,11H2,1-2H3,(H,22,24). The van der Waals surface area contributed by atoms with Crippen molar-refractivity contribution >= 4 is 28.9 Å². The van der Waals surface area contributed by atoms with Crippen LogP contribution in [0.5, 0.6) is 0 Å². The SMILES string of the molecule is Cc1ccc(C)c(NC(=O)COC(=O)c2ccc(NC3CC3)c([N+](=O)[O-])c2)c1. The van der Waals surface area contributed by atoms with Crippen molar-refractivity contribution < 1.29 is 19.2 Å². The number of nitro groups is 1. The van der Waals surface area contributed by atoms with Gasteiger partial charge in [0.15, 0.2) is 6.61 Å². The largest absolute Gasteiger partial charge is 0.452 e. The van der Waals surface area contributed by atoms with E-state index in [-0.39, 0.29) is 17.3 Å². The monoisotopic (exact) mass is 383 g/mol. The number of anilines is 2. The predicted octanol–water partition coefficient (Wildman–Crippen LogP) is 3.58. The molecule has 2 N–H and O–H groups in total. The fourth-order valence-electron chi connectivity index (χ4n) is 2.65. The third kappa shape index (κ3) is 4.85. The van der Waals surface area contributed by atoms with Gasteiger partial charge in [0.1, 0.15) is 5.69 Å². The van der Waals surface area contributed by atoms with Crippen molar-refractivity contribution in [2.75, 3.05) is 17.2 Å². The molecule has 0 radical (unpaired) electrons. The Morgan fingerprint density at radius 2 is 1.89 bits per heavy atom. The molecule has 1 fully saturated rings. The minimum atomic E-state index is -0.794. The zero-order chi connectivity index (χ0) is 20.3. The van der Waals surface area contributed by atoms with Crippen molar-refractivity contribution in [1.29, 1.82) is 0 Å². The molecule has 2 aromatic rings. The average Bonchev–Trinajstić information content (AvgIpc) is 3.47. The van der Waals surface area contributed by atoms with Gasteiger partial charge >= 0.3 is 5.97 Å². The lowest BCUT2D eigenvalue weighted by Crippen LogP contribution is -2.21. The fraction of sp³-hybridized carbons (Fsp3) is 0.300. The van der Waals surface area contributed by atoms with Crippen molar-refractivity contribution in [3.8, 4) is 0 Å². The second kappa shape index (κ2) is 8.08. The van der Waals surface area contributed by atoms with Crippen LogP contribution in [0.15, 0.2) is 36.4 Å². The lowest BCUT2D eigenvalue weighted by atomic mass is 10.1. The van der Waals surface area contributed by atoms with E-state index in [0.717, 1.165) is 30.0 Å². The second-order valence-electron chi connectivity index (χ2n) is 6.85. The van der Waals surface area contributed by atoms with E-state index in [1.807, 2.05) is 32.0 Å². The second-order valence-corrected chi connectivity index (χ2v) is 6.85. The summed E-state index contributed by atoms with van der Waals surface area (Å²) in [6.07, 6.45) is 1.94. The number of ether oxygens (including phenoxy) is 1. The number of esters is 1. The number of hydrogen-bond acceptors (Lipinski definition) is 6. The number of rotatable bonds is 7. The lowest BCUT2D eigenvalue weighted by molar-refractivity contribution is -0.384. The van der Waals surface area contributed by atoms with Crippen molar-refractivity contribution in [3.05, 3.63) is 63.2 Å². The summed E-state index contributed by atoms with van der Waals surface area (Å²) in [7, 11) is 0. The highest BCUT2D eigenvalue weighted by molar-refractivity contribution is 5.96. The van der Waals surface area contributed by atoms with Crippen molar-refractivity contribution in [2.45, 2.75) is 32.7 Å². The number of hydrogen-bond donors (Lipinski definition) is 2. The number of nitrogens with zero attached hydrogens (tertiary/aromatic N) is 1. The van der Waals surface area contributed by atoms with Gasteiger partial charge in [0.05, 0.1) is 10.5 Å². The van der Waals surface area contributed by atoms with E-state index in [4.69, 9.17) is 4.74 Å². The summed E-state index contributed by atoms with van der Waals surface area (Å²) in [5.41, 5.74) is 2.72. The molecule has 1 amide bonds. The highest BCUT2D eigenvalue weighted by Gasteiger charge is 2.26. The molecule has 146 valence electrons. The number of carbonyl (C=O) groups excluding carboxylic acids is 2. The molecule has 1 aliphatic carbocycles. The molecular formula is C20H21N3O5. The molecule has 8 nitrogen and oxygen atoms in total. The van der Waals surface area contributed by atoms with E-state index in [1.165, 1.54) is 12.1 Å². The maximum absolute atomic E-state index is 12.2. The molecule has 1 saturated carbocycles. The van der Waals surface area contributed by atoms with Gasteiger partial charge in [-0.2, -0.15) is 0 Å². The molecule has 3 rings (SSSR count). The van der Waals surface area contributed by atoms with Crippen LogP contribution in [0.4, 0.5) is 17.1 Å². The number of aryl methyl sites for hydroxylation is 2. The van der Waals surface area contributed by atoms with Crippen LogP contribution in [0.1, 0.15) is 34.3 Å². The predicted molar refractivity (Wildman–Crippen MR) is 105 cm³/mol. The van der Waals surface area contributed by atoms with Gasteiger partial charge < -0.3 is 15.4 Å². The van der Waals surface area contributed by atoms with Crippen LogP contribution in [0.25, 0.3) is 0 Å². The zero-order valence-electron chi connectivity index (χ0n) is 15.7. The molecule has 8 heteroatoms. The normalized spacial score (nSPS) is 12.9. The summed E-state index contributed by atoms with van der Waals surface area (Å²) in [5.74, 6) is -1.28. The summed E-state index contributed by atoms with van der Waals surface area (Å²) >= 11 is 0. The molecule has 0 aliphatic heterocycles. The van der Waals surface area contributed by atoms with Gasteiger partial charge in [-0.15, -0.1) is 0 Å². The van der Waals surface area contributed by atoms with Gasteiger partial charge in [-0.25, -0.2) is 4.79 Å². The lowest BCUT2D eigenvalue weighted by Gasteiger charge is -2.10. The molecule has 0 saturated heterocycles. The Labute approximate surface area is 162 Å². The highest BCUT2D eigenvalue weighted by Crippen LogP contribution is 2.31. The van der Waals surface area contributed by atoms with Crippen LogP contribution in [0.3, 0.4) is 0 Å². The fourth-order valence-corrected chi connectivity index (χ4v) is 2.65. The Morgan fingerprint density at radius 3 is 2.57 bits per heavy atom. The topological polar surface area (TPSA) is 111 Å². The van der Waals surface area contributed by atoms with Gasteiger partial charge in [0.2, 0.25) is 0 Å². The van der Waals surface area contributed by atoms with E-state index in [9.17, 15) is 19.7 Å². The van der Waals surface area contributed by atoms with Crippen LogP contribution in [0, 0.1) is 24.0 Å². The molecule has 2 aromatic carbocycles. The molecule has 28 heavy (non-hydrogen) atoms. The van der Waals surface area contributed by atoms with Gasteiger partial charge in [0, 0.05) is 17.8 Å². The Balaban J connectivity index is 1.62. The van der Waals surface area contributed by atoms with E-state index in [2.05, 4.69) is 10.6 Å². The Bertz CT molecular complexity index is 937. The number of nitro benzene ring substituents is 1. The summed E-state index contributed by atoms with van der Waals surface area (Å²) in [6.45, 7) is 3.28. The zero-order valence-corrected chi connectivity index (χ0v) is 15.7. The molecular weight excluding hydrogens is 362 g/mol. The first-order valence-corrected chi connectivity index (χ1v) is 8.92. The van der Waals surface area contributed by atoms with Crippen molar-refractivity contribution in [2.24, 2.45) is 0 Å². The maximum Gasteiger partial charge on any atom is 0.338 e. The minimum Gasteiger partial charge on any atom is -0.452 e. The summed E-state index contributed by atoms with van der Waals surface area (Å²) < 4.78 is 5.01. The Morgan fingerprint density at radius 1 is 1.14 bits per heavy atom. The molecule has 0 unspecified atom stereocenters. The molecule has 0 spiro atoms. The van der Waals surface area contributed by atoms with Crippen LogP contribution in [0.2, 0.25) is 0 Å². The van der Waals surface area contributed by atoms with Crippen molar-refractivity contribution in [1.82, 2.24) is 0 Å². The summed E-state index contributed by atoms with van der Waals surface area (Å²) in [4.78, 5) is 35.0. The molecule has 0 heterocycles. The van der Waals surface area contributed by atoms with Gasteiger partial charge in [-0.05, 0) is 56.0 Å². The first-order chi connectivity index (χ1) is 13.3. The van der Waals surface area contributed by atoms with E-state index in [1.54, 1.807) is 0 Å². The Hall–Kier alpha value is -3.42. The number of amides is 1.